The van der Waals surface area contributed by atoms with E-state index in [4.69, 9.17) is 4.74 Å². The van der Waals surface area contributed by atoms with Crippen molar-refractivity contribution in [3.05, 3.63) is 78.5 Å². The van der Waals surface area contributed by atoms with Gasteiger partial charge < -0.3 is 10.1 Å². The van der Waals surface area contributed by atoms with E-state index in [1.165, 1.54) is 0 Å². The Balaban J connectivity index is 1.72. The minimum atomic E-state index is -0.189. The molecule has 0 saturated heterocycles. The first-order chi connectivity index (χ1) is 12.3. The summed E-state index contributed by atoms with van der Waals surface area (Å²) in [5.41, 5.74) is 1.69. The lowest BCUT2D eigenvalue weighted by molar-refractivity contribution is -0.117. The monoisotopic (exact) mass is 333 g/mol. The number of benzene rings is 2. The number of hydrogen-bond donors (Lipinski definition) is 1. The van der Waals surface area contributed by atoms with Gasteiger partial charge in [-0.05, 0) is 30.2 Å². The molecule has 126 valence electrons. The average Bonchev–Trinajstić information content (AvgIpc) is 2.64. The number of hydrogen-bond acceptors (Lipinski definition) is 4. The molecule has 5 heteroatoms. The first-order valence-corrected chi connectivity index (χ1v) is 8.17. The first-order valence-electron chi connectivity index (χ1n) is 8.17. The van der Waals surface area contributed by atoms with E-state index in [1.807, 2.05) is 49.4 Å². The summed E-state index contributed by atoms with van der Waals surface area (Å²) in [4.78, 5) is 12.6. The number of carbonyl (C=O) groups is 1. The summed E-state index contributed by atoms with van der Waals surface area (Å²) in [6.07, 6.45) is 2.31. The maximum atomic E-state index is 12.6. The van der Waals surface area contributed by atoms with E-state index in [-0.39, 0.29) is 11.8 Å². The van der Waals surface area contributed by atoms with Crippen molar-refractivity contribution in [3.8, 4) is 11.6 Å². The van der Waals surface area contributed by atoms with Crippen LogP contribution < -0.4 is 10.1 Å². The Morgan fingerprint density at radius 2 is 1.92 bits per heavy atom. The highest BCUT2D eigenvalue weighted by atomic mass is 16.5. The number of nitrogens with zero attached hydrogens (tertiary/aromatic N) is 2. The average molecular weight is 333 g/mol. The maximum Gasteiger partial charge on any atom is 0.238 e. The van der Waals surface area contributed by atoms with Gasteiger partial charge in [0.05, 0.1) is 5.92 Å². The van der Waals surface area contributed by atoms with E-state index in [0.29, 0.717) is 17.3 Å². The van der Waals surface area contributed by atoms with Crippen LogP contribution in [0.4, 0.5) is 5.69 Å². The zero-order chi connectivity index (χ0) is 17.5. The Morgan fingerprint density at radius 1 is 1.08 bits per heavy atom. The van der Waals surface area contributed by atoms with Crippen molar-refractivity contribution in [2.24, 2.45) is 0 Å². The highest BCUT2D eigenvalue weighted by Crippen LogP contribution is 2.25. The van der Waals surface area contributed by atoms with Gasteiger partial charge in [-0.3, -0.25) is 4.79 Å². The van der Waals surface area contributed by atoms with Crippen molar-refractivity contribution in [1.29, 1.82) is 0 Å². The number of ether oxygens (including phenoxy) is 1. The molecule has 5 nitrogen and oxygen atoms in total. The number of amides is 1. The summed E-state index contributed by atoms with van der Waals surface area (Å²) in [5, 5.41) is 10.6. The van der Waals surface area contributed by atoms with E-state index in [1.54, 1.807) is 30.5 Å². The Kier molecular flexibility index (Phi) is 5.36. The fourth-order valence-corrected chi connectivity index (χ4v) is 2.59. The molecule has 1 heterocycles. The first kappa shape index (κ1) is 16.6. The van der Waals surface area contributed by atoms with Gasteiger partial charge >= 0.3 is 0 Å². The van der Waals surface area contributed by atoms with Crippen LogP contribution in [0.5, 0.6) is 11.6 Å². The molecule has 0 aliphatic rings. The minimum absolute atomic E-state index is 0.0367. The van der Waals surface area contributed by atoms with Gasteiger partial charge in [0, 0.05) is 24.0 Å². The Hall–Kier alpha value is -3.21. The number of nitrogens with one attached hydrogen (secondary N) is 1. The number of anilines is 1. The molecule has 1 amide bonds. The summed E-state index contributed by atoms with van der Waals surface area (Å²) in [5.74, 6) is 0.767. The predicted molar refractivity (Wildman–Crippen MR) is 96.7 cm³/mol. The van der Waals surface area contributed by atoms with E-state index in [2.05, 4.69) is 15.5 Å². The standard InChI is InChI=1S/C20H19N3O2/c1-2-18(15-8-4-3-5-9-15)20(24)22-16-10-6-11-17(14-16)25-19-12-7-13-21-23-19/h3-14,18H,2H2,1H3,(H,22,24)/t18-/m1/s1. The van der Waals surface area contributed by atoms with Gasteiger partial charge in [-0.15, -0.1) is 5.10 Å². The van der Waals surface area contributed by atoms with Crippen LogP contribution in [-0.2, 0) is 4.79 Å². The third kappa shape index (κ3) is 4.41. The quantitative estimate of drug-likeness (QED) is 0.726. The summed E-state index contributed by atoms with van der Waals surface area (Å²) in [7, 11) is 0. The van der Waals surface area contributed by atoms with Crippen LogP contribution in [0.25, 0.3) is 0 Å². The van der Waals surface area contributed by atoms with Crippen LogP contribution >= 0.6 is 0 Å². The third-order valence-corrected chi connectivity index (χ3v) is 3.80. The van der Waals surface area contributed by atoms with Crippen LogP contribution in [0.3, 0.4) is 0 Å². The van der Waals surface area contributed by atoms with E-state index in [9.17, 15) is 4.79 Å². The fourth-order valence-electron chi connectivity index (χ4n) is 2.59. The number of rotatable bonds is 6. The van der Waals surface area contributed by atoms with Gasteiger partial charge in [-0.2, -0.15) is 5.10 Å². The zero-order valence-corrected chi connectivity index (χ0v) is 13.9. The molecule has 0 spiro atoms. The molecule has 0 bridgehead atoms. The largest absolute Gasteiger partial charge is 0.437 e. The molecule has 25 heavy (non-hydrogen) atoms. The number of carbonyl (C=O) groups excluding carboxylic acids is 1. The van der Waals surface area contributed by atoms with Gasteiger partial charge in [0.15, 0.2) is 0 Å². The Labute approximate surface area is 146 Å². The van der Waals surface area contributed by atoms with E-state index >= 15 is 0 Å². The molecule has 0 radical (unpaired) electrons. The molecule has 1 N–H and O–H groups in total. The van der Waals surface area contributed by atoms with Crippen LogP contribution in [0.2, 0.25) is 0 Å². The van der Waals surface area contributed by atoms with Crippen LogP contribution in [-0.4, -0.2) is 16.1 Å². The molecule has 0 saturated carbocycles. The molecule has 0 fully saturated rings. The number of aromatic nitrogens is 2. The summed E-state index contributed by atoms with van der Waals surface area (Å²) < 4.78 is 5.65. The van der Waals surface area contributed by atoms with Crippen molar-refractivity contribution in [1.82, 2.24) is 10.2 Å². The molecular formula is C20H19N3O2. The summed E-state index contributed by atoms with van der Waals surface area (Å²) in [6, 6.07) is 20.5. The molecule has 2 aromatic carbocycles. The van der Waals surface area contributed by atoms with Gasteiger partial charge in [0.2, 0.25) is 11.8 Å². The molecule has 0 unspecified atom stereocenters. The smallest absolute Gasteiger partial charge is 0.238 e. The van der Waals surface area contributed by atoms with Crippen LogP contribution in [0.1, 0.15) is 24.8 Å². The molecule has 3 rings (SSSR count). The normalized spacial score (nSPS) is 11.6. The lowest BCUT2D eigenvalue weighted by atomic mass is 9.95. The summed E-state index contributed by atoms with van der Waals surface area (Å²) in [6.45, 7) is 2.00. The lowest BCUT2D eigenvalue weighted by Crippen LogP contribution is -2.20. The molecule has 1 atom stereocenters. The SMILES string of the molecule is CC[C@@H](C(=O)Nc1cccc(Oc2cccnn2)c1)c1ccccc1. The highest BCUT2D eigenvalue weighted by Gasteiger charge is 2.18. The van der Waals surface area contributed by atoms with Gasteiger partial charge in [-0.25, -0.2) is 0 Å². The Morgan fingerprint density at radius 3 is 2.64 bits per heavy atom. The second-order valence-corrected chi connectivity index (χ2v) is 5.55. The van der Waals surface area contributed by atoms with Crippen molar-refractivity contribution in [2.75, 3.05) is 5.32 Å². The highest BCUT2D eigenvalue weighted by molar-refractivity contribution is 5.95. The minimum Gasteiger partial charge on any atom is -0.437 e. The van der Waals surface area contributed by atoms with Crippen LogP contribution in [0, 0.1) is 0 Å². The predicted octanol–water partition coefficient (Wildman–Crippen LogP) is 4.40. The summed E-state index contributed by atoms with van der Waals surface area (Å²) >= 11 is 0. The second kappa shape index (κ2) is 8.06. The lowest BCUT2D eigenvalue weighted by Gasteiger charge is -2.16. The maximum absolute atomic E-state index is 12.6. The molecule has 3 aromatic rings. The van der Waals surface area contributed by atoms with Crippen LogP contribution in [0.15, 0.2) is 72.9 Å². The Bertz CT molecular complexity index is 823. The van der Waals surface area contributed by atoms with Crippen molar-refractivity contribution in [3.63, 3.8) is 0 Å². The van der Waals surface area contributed by atoms with Crippen molar-refractivity contribution in [2.45, 2.75) is 19.3 Å². The molecule has 0 aliphatic carbocycles. The van der Waals surface area contributed by atoms with E-state index < -0.39 is 0 Å². The molecule has 1 aromatic heterocycles. The van der Waals surface area contributed by atoms with Gasteiger partial charge in [0.25, 0.3) is 0 Å². The van der Waals surface area contributed by atoms with Gasteiger partial charge in [-0.1, -0.05) is 43.3 Å². The van der Waals surface area contributed by atoms with Crippen molar-refractivity contribution < 1.29 is 9.53 Å². The molecular weight excluding hydrogens is 314 g/mol. The third-order valence-electron chi connectivity index (χ3n) is 3.80. The van der Waals surface area contributed by atoms with Crippen molar-refractivity contribution >= 4 is 11.6 Å². The molecule has 0 aliphatic heterocycles. The zero-order valence-electron chi connectivity index (χ0n) is 13.9. The second-order valence-electron chi connectivity index (χ2n) is 5.55. The topological polar surface area (TPSA) is 64.1 Å². The van der Waals surface area contributed by atoms with Gasteiger partial charge in [0.1, 0.15) is 5.75 Å². The van der Waals surface area contributed by atoms with E-state index in [0.717, 1.165) is 12.0 Å². The fraction of sp³-hybridized carbons (Fsp3) is 0.150.